The molecule has 3 fully saturated rings. The summed E-state index contributed by atoms with van der Waals surface area (Å²) in [5.41, 5.74) is -0.546. The maximum atomic E-state index is 13.1. The molecule has 1 aromatic rings. The lowest BCUT2D eigenvalue weighted by Gasteiger charge is -2.62. The topological polar surface area (TPSA) is 166 Å². The van der Waals surface area contributed by atoms with Crippen molar-refractivity contribution in [1.29, 1.82) is 0 Å². The zero-order chi connectivity index (χ0) is 25.6. The van der Waals surface area contributed by atoms with Crippen LogP contribution in [0.3, 0.4) is 0 Å². The molecule has 2 aliphatic carbocycles. The number of benzene rings is 1. The van der Waals surface area contributed by atoms with E-state index in [9.17, 15) is 35.1 Å². The highest BCUT2D eigenvalue weighted by atomic mass is 16.7. The third-order valence-corrected chi connectivity index (χ3v) is 8.77. The van der Waals surface area contributed by atoms with Gasteiger partial charge in [-0.3, -0.25) is 9.69 Å². The second-order valence-corrected chi connectivity index (χ2v) is 10.4. The first-order chi connectivity index (χ1) is 17.1. The minimum atomic E-state index is -1.85. The van der Waals surface area contributed by atoms with Gasteiger partial charge in [0.2, 0.25) is 6.29 Å². The van der Waals surface area contributed by atoms with Crippen molar-refractivity contribution in [2.75, 3.05) is 13.1 Å². The molecule has 0 aromatic heterocycles. The monoisotopic (exact) mass is 503 g/mol. The molecule has 5 aliphatic rings. The lowest BCUT2D eigenvalue weighted by molar-refractivity contribution is -0.271. The number of Topliss-reactive ketones (excluding diaryl/α,β-unsaturated/α-hetero) is 1. The molecule has 0 amide bonds. The van der Waals surface area contributed by atoms with E-state index in [2.05, 4.69) is 11.5 Å². The highest BCUT2D eigenvalue weighted by molar-refractivity contribution is 5.90. The smallest absolute Gasteiger partial charge is 0.335 e. The van der Waals surface area contributed by atoms with Crippen molar-refractivity contribution in [3.05, 3.63) is 35.9 Å². The molecule has 5 N–H and O–H groups in total. The number of carboxylic acid groups (broad SMARTS) is 1. The van der Waals surface area contributed by atoms with E-state index < -0.39 is 53.8 Å². The highest BCUT2D eigenvalue weighted by Gasteiger charge is 2.73. The summed E-state index contributed by atoms with van der Waals surface area (Å²) in [6.45, 7) is 5.10. The van der Waals surface area contributed by atoms with Crippen LogP contribution in [0.4, 0.5) is 0 Å². The zero-order valence-electron chi connectivity index (χ0n) is 19.4. The summed E-state index contributed by atoms with van der Waals surface area (Å²) in [4.78, 5) is 26.8. The van der Waals surface area contributed by atoms with Crippen LogP contribution in [-0.2, 0) is 26.2 Å². The van der Waals surface area contributed by atoms with E-state index in [4.69, 9.17) is 14.2 Å². The maximum Gasteiger partial charge on any atom is 0.335 e. The molecule has 194 valence electrons. The van der Waals surface area contributed by atoms with Crippen molar-refractivity contribution in [2.45, 2.75) is 79.6 Å². The first-order valence-electron chi connectivity index (χ1n) is 12.2. The number of aliphatic hydroxyl groups is 4. The first kappa shape index (κ1) is 23.8. The number of ketones is 1. The summed E-state index contributed by atoms with van der Waals surface area (Å²) in [5.74, 6) is -1.28. The second kappa shape index (κ2) is 7.98. The summed E-state index contributed by atoms with van der Waals surface area (Å²) in [5, 5.41) is 52.1. The average molecular weight is 504 g/mol. The molecular formula is C25H29NO10. The van der Waals surface area contributed by atoms with Gasteiger partial charge in [-0.1, -0.05) is 12.1 Å². The summed E-state index contributed by atoms with van der Waals surface area (Å²) in [6.07, 6.45) is -6.44. The van der Waals surface area contributed by atoms with Crippen molar-refractivity contribution < 1.29 is 49.3 Å². The maximum absolute atomic E-state index is 13.1. The molecule has 2 saturated heterocycles. The number of carboxylic acids is 1. The highest BCUT2D eigenvalue weighted by Crippen LogP contribution is 2.65. The van der Waals surface area contributed by atoms with Gasteiger partial charge < -0.3 is 39.7 Å². The van der Waals surface area contributed by atoms with Crippen LogP contribution < -0.4 is 9.47 Å². The fourth-order valence-electron chi connectivity index (χ4n) is 7.15. The van der Waals surface area contributed by atoms with E-state index in [-0.39, 0.29) is 29.7 Å². The Kier molecular flexibility index (Phi) is 5.28. The van der Waals surface area contributed by atoms with Gasteiger partial charge in [0.1, 0.15) is 18.3 Å². The average Bonchev–Trinajstić information content (AvgIpc) is 3.20. The molecule has 2 bridgehead atoms. The van der Waals surface area contributed by atoms with Crippen LogP contribution in [0.25, 0.3) is 0 Å². The molecule has 36 heavy (non-hydrogen) atoms. The van der Waals surface area contributed by atoms with Gasteiger partial charge in [-0.15, -0.1) is 6.58 Å². The van der Waals surface area contributed by atoms with E-state index >= 15 is 0 Å². The summed E-state index contributed by atoms with van der Waals surface area (Å²) in [6, 6.07) is 3.19. The van der Waals surface area contributed by atoms with Gasteiger partial charge in [-0.2, -0.15) is 0 Å². The minimum absolute atomic E-state index is 0.0939. The number of ether oxygens (including phenoxy) is 3. The summed E-state index contributed by atoms with van der Waals surface area (Å²) in [7, 11) is 0. The lowest BCUT2D eigenvalue weighted by Crippen LogP contribution is -2.76. The van der Waals surface area contributed by atoms with Gasteiger partial charge in [0.15, 0.2) is 29.5 Å². The van der Waals surface area contributed by atoms with Crippen LogP contribution in [0, 0.1) is 0 Å². The molecule has 3 heterocycles. The number of aliphatic carboxylic acids is 1. The Morgan fingerprint density at radius 3 is 2.72 bits per heavy atom. The van der Waals surface area contributed by atoms with Crippen molar-refractivity contribution in [2.24, 2.45) is 0 Å². The molecule has 1 saturated carbocycles. The predicted molar refractivity (Wildman–Crippen MR) is 121 cm³/mol. The fourth-order valence-corrected chi connectivity index (χ4v) is 7.15. The summed E-state index contributed by atoms with van der Waals surface area (Å²) < 4.78 is 17.4. The molecule has 1 aromatic carbocycles. The second-order valence-electron chi connectivity index (χ2n) is 10.4. The van der Waals surface area contributed by atoms with E-state index in [0.717, 1.165) is 5.56 Å². The van der Waals surface area contributed by atoms with Crippen molar-refractivity contribution in [3.8, 4) is 11.5 Å². The normalized spacial score (nSPS) is 42.9. The van der Waals surface area contributed by atoms with Crippen LogP contribution in [-0.4, -0.2) is 104 Å². The number of hydrogen-bond donors (Lipinski definition) is 5. The number of likely N-dealkylation sites (tertiary alicyclic amines) is 1. The number of nitrogens with zero attached hydrogens (tertiary/aromatic N) is 1. The largest absolute Gasteiger partial charge is 0.479 e. The SMILES string of the molecule is C=CCN1CC[C@]23c4c5ccc(O[C@@H]6O[C@H](C(=O)O)[C@@H](O)[C@H](O)[C@@H]6O)c4O[C@H]2C(=O)CC[C@@]3(O)[C@H]1C5. The Morgan fingerprint density at radius 2 is 2.00 bits per heavy atom. The van der Waals surface area contributed by atoms with Crippen LogP contribution in [0.2, 0.25) is 0 Å². The molecule has 1 spiro atoms. The molecule has 11 heteroatoms. The third kappa shape index (κ3) is 2.89. The van der Waals surface area contributed by atoms with Crippen LogP contribution in [0.1, 0.15) is 30.4 Å². The van der Waals surface area contributed by atoms with Crippen molar-refractivity contribution >= 4 is 11.8 Å². The molecule has 0 radical (unpaired) electrons. The minimum Gasteiger partial charge on any atom is -0.479 e. The zero-order valence-corrected chi connectivity index (χ0v) is 19.4. The molecular weight excluding hydrogens is 474 g/mol. The number of carbonyl (C=O) groups is 2. The molecule has 11 nitrogen and oxygen atoms in total. The number of piperidine rings is 1. The molecule has 3 aliphatic heterocycles. The molecule has 0 unspecified atom stereocenters. The van der Waals surface area contributed by atoms with Gasteiger partial charge >= 0.3 is 5.97 Å². The van der Waals surface area contributed by atoms with Crippen LogP contribution in [0.5, 0.6) is 11.5 Å². The summed E-state index contributed by atoms with van der Waals surface area (Å²) >= 11 is 0. The van der Waals surface area contributed by atoms with E-state index in [1.165, 1.54) is 0 Å². The number of aliphatic hydroxyl groups excluding tert-OH is 3. The van der Waals surface area contributed by atoms with Crippen LogP contribution in [0.15, 0.2) is 24.8 Å². The first-order valence-corrected chi connectivity index (χ1v) is 12.2. The van der Waals surface area contributed by atoms with Crippen molar-refractivity contribution in [1.82, 2.24) is 4.90 Å². The van der Waals surface area contributed by atoms with Gasteiger partial charge in [0, 0.05) is 31.1 Å². The third-order valence-electron chi connectivity index (χ3n) is 8.77. The predicted octanol–water partition coefficient (Wildman–Crippen LogP) is -1.13. The fraction of sp³-hybridized carbons (Fsp3) is 0.600. The Balaban J connectivity index is 1.43. The van der Waals surface area contributed by atoms with E-state index in [1.807, 2.05) is 6.07 Å². The number of carbonyl (C=O) groups excluding carboxylic acids is 1. The van der Waals surface area contributed by atoms with Gasteiger partial charge in [0.05, 0.1) is 11.0 Å². The van der Waals surface area contributed by atoms with E-state index in [1.54, 1.807) is 12.1 Å². The van der Waals surface area contributed by atoms with Gasteiger partial charge in [-0.05, 0) is 30.9 Å². The van der Waals surface area contributed by atoms with Gasteiger partial charge in [-0.25, -0.2) is 4.79 Å². The Morgan fingerprint density at radius 1 is 1.22 bits per heavy atom. The van der Waals surface area contributed by atoms with Crippen LogP contribution >= 0.6 is 0 Å². The van der Waals surface area contributed by atoms with Gasteiger partial charge in [0.25, 0.3) is 0 Å². The van der Waals surface area contributed by atoms with E-state index in [0.29, 0.717) is 37.9 Å². The number of rotatable bonds is 5. The number of hydrogen-bond acceptors (Lipinski definition) is 10. The standard InChI is InChI=1S/C25H29NO10/c1-2-8-26-9-7-24-15-11-3-4-13(34-23-18(30)16(28)17(29)20(36-23)22(31)32)19(15)35-21(24)12(27)5-6-25(24,33)14(26)10-11/h2-4,14,16-18,20-21,23,28-30,33H,1,5-10H2,(H,31,32)/t14-,16+,17+,18+,20+,21+,23-,24+,25-/m1/s1. The van der Waals surface area contributed by atoms with Crippen molar-refractivity contribution in [3.63, 3.8) is 0 Å². The Labute approximate surface area is 206 Å². The quantitative estimate of drug-likeness (QED) is 0.309. The lowest BCUT2D eigenvalue weighted by atomic mass is 9.49. The molecule has 9 atom stereocenters. The Hall–Kier alpha value is -2.54. The molecule has 6 rings (SSSR count). The Bertz CT molecular complexity index is 1140.